The number of nitrogens with one attached hydrogen (secondary N) is 1. The lowest BCUT2D eigenvalue weighted by molar-refractivity contribution is 0.912. The highest BCUT2D eigenvalue weighted by Crippen LogP contribution is 2.07. The summed E-state index contributed by atoms with van der Waals surface area (Å²) in [6.07, 6.45) is 1.59. The molecule has 0 amide bonds. The van der Waals surface area contributed by atoms with Crippen LogP contribution in [-0.2, 0) is 0 Å². The second-order valence-electron chi connectivity index (χ2n) is 2.30. The van der Waals surface area contributed by atoms with E-state index in [1.54, 1.807) is 13.0 Å². The van der Waals surface area contributed by atoms with Crippen LogP contribution in [0.4, 0.5) is 0 Å². The SMILES string of the molecule is C=C(/C=C(\S)[C@@H](C)N)C(=N)N. The molecule has 0 spiro atoms. The Bertz CT molecular complexity index is 206. The van der Waals surface area contributed by atoms with E-state index in [-0.39, 0.29) is 11.9 Å². The lowest BCUT2D eigenvalue weighted by atomic mass is 10.2. The molecule has 0 aliphatic rings. The van der Waals surface area contributed by atoms with E-state index in [2.05, 4.69) is 19.2 Å². The van der Waals surface area contributed by atoms with Gasteiger partial charge in [-0.15, -0.1) is 12.6 Å². The predicted octanol–water partition coefficient (Wildman–Crippen LogP) is 0.639. The zero-order valence-corrected chi connectivity index (χ0v) is 7.36. The molecule has 0 saturated heterocycles. The van der Waals surface area contributed by atoms with Crippen LogP contribution < -0.4 is 11.5 Å². The Kier molecular flexibility index (Phi) is 3.92. The van der Waals surface area contributed by atoms with E-state index in [4.69, 9.17) is 16.9 Å². The highest BCUT2D eigenvalue weighted by atomic mass is 32.1. The average Bonchev–Trinajstić information content (AvgIpc) is 1.87. The quantitative estimate of drug-likeness (QED) is 0.218. The van der Waals surface area contributed by atoms with Crippen LogP contribution in [0, 0.1) is 5.41 Å². The van der Waals surface area contributed by atoms with Crippen LogP contribution in [0.1, 0.15) is 6.92 Å². The molecule has 0 rings (SSSR count). The van der Waals surface area contributed by atoms with Crippen molar-refractivity contribution in [2.45, 2.75) is 13.0 Å². The Balaban J connectivity index is 4.32. The summed E-state index contributed by atoms with van der Waals surface area (Å²) in [6.45, 7) is 5.34. The Labute approximate surface area is 72.1 Å². The Morgan fingerprint density at radius 1 is 1.73 bits per heavy atom. The third kappa shape index (κ3) is 3.85. The van der Waals surface area contributed by atoms with Gasteiger partial charge in [0.25, 0.3) is 0 Å². The van der Waals surface area contributed by atoms with Crippen LogP contribution in [0.5, 0.6) is 0 Å². The van der Waals surface area contributed by atoms with Gasteiger partial charge in [-0.05, 0) is 17.9 Å². The van der Waals surface area contributed by atoms with Crippen molar-refractivity contribution in [2.24, 2.45) is 11.5 Å². The van der Waals surface area contributed by atoms with Gasteiger partial charge in [0.2, 0.25) is 0 Å². The zero-order chi connectivity index (χ0) is 9.02. The number of hydrogen-bond donors (Lipinski definition) is 4. The minimum absolute atomic E-state index is 0.0581. The topological polar surface area (TPSA) is 75.9 Å². The van der Waals surface area contributed by atoms with Crippen molar-refractivity contribution in [1.29, 1.82) is 5.41 Å². The summed E-state index contributed by atoms with van der Waals surface area (Å²) >= 11 is 4.08. The molecule has 0 aromatic heterocycles. The van der Waals surface area contributed by atoms with Gasteiger partial charge in [-0.3, -0.25) is 5.41 Å². The van der Waals surface area contributed by atoms with E-state index >= 15 is 0 Å². The lowest BCUT2D eigenvalue weighted by Gasteiger charge is -2.04. The number of thiol groups is 1. The molecule has 11 heavy (non-hydrogen) atoms. The molecular formula is C7H13N3S. The van der Waals surface area contributed by atoms with Crippen molar-refractivity contribution in [3.05, 3.63) is 23.1 Å². The molecule has 0 radical (unpaired) electrons. The van der Waals surface area contributed by atoms with Gasteiger partial charge in [-0.2, -0.15) is 0 Å². The molecular weight excluding hydrogens is 158 g/mol. The number of rotatable bonds is 3. The molecule has 0 aliphatic heterocycles. The molecule has 3 nitrogen and oxygen atoms in total. The smallest absolute Gasteiger partial charge is 0.122 e. The molecule has 0 unspecified atom stereocenters. The standard InChI is InChI=1S/C7H13N3S/c1-4(7(9)10)3-6(11)5(2)8/h3,5,11H,1,8H2,2H3,(H3,9,10)/b6-3-/t5-/m1/s1. The second-order valence-corrected chi connectivity index (χ2v) is 2.81. The normalized spacial score (nSPS) is 14.3. The van der Waals surface area contributed by atoms with E-state index in [1.807, 2.05) is 0 Å². The first-order chi connectivity index (χ1) is 4.95. The highest BCUT2D eigenvalue weighted by Gasteiger charge is 1.99. The molecule has 0 fully saturated rings. The molecule has 62 valence electrons. The Hall–Kier alpha value is -0.740. The number of hydrogen-bond acceptors (Lipinski definition) is 3. The molecule has 1 atom stereocenters. The van der Waals surface area contributed by atoms with Crippen LogP contribution in [0.15, 0.2) is 23.1 Å². The predicted molar refractivity (Wildman–Crippen MR) is 51.8 cm³/mol. The minimum Gasteiger partial charge on any atom is -0.384 e. The summed E-state index contributed by atoms with van der Waals surface area (Å²) in [5.74, 6) is -0.0581. The van der Waals surface area contributed by atoms with Gasteiger partial charge in [0.05, 0.1) is 0 Å². The van der Waals surface area contributed by atoms with Crippen molar-refractivity contribution >= 4 is 18.5 Å². The molecule has 0 aliphatic carbocycles. The molecule has 0 bridgehead atoms. The maximum Gasteiger partial charge on any atom is 0.122 e. The van der Waals surface area contributed by atoms with Crippen LogP contribution in [0.25, 0.3) is 0 Å². The fraction of sp³-hybridized carbons (Fsp3) is 0.286. The van der Waals surface area contributed by atoms with Crippen molar-refractivity contribution in [1.82, 2.24) is 0 Å². The summed E-state index contributed by atoms with van der Waals surface area (Å²) in [5, 5.41) is 6.99. The van der Waals surface area contributed by atoms with Crippen LogP contribution in [-0.4, -0.2) is 11.9 Å². The Morgan fingerprint density at radius 3 is 2.45 bits per heavy atom. The number of nitrogens with two attached hydrogens (primary N) is 2. The molecule has 0 aromatic rings. The van der Waals surface area contributed by atoms with Crippen LogP contribution in [0.3, 0.4) is 0 Å². The third-order valence-electron chi connectivity index (χ3n) is 1.13. The number of amidine groups is 1. The van der Waals surface area contributed by atoms with E-state index in [9.17, 15) is 0 Å². The van der Waals surface area contributed by atoms with Gasteiger partial charge in [-0.25, -0.2) is 0 Å². The van der Waals surface area contributed by atoms with Gasteiger partial charge in [0.15, 0.2) is 0 Å². The maximum atomic E-state index is 6.99. The van der Waals surface area contributed by atoms with Gasteiger partial charge in [0, 0.05) is 11.6 Å². The van der Waals surface area contributed by atoms with Gasteiger partial charge >= 0.3 is 0 Å². The minimum atomic E-state index is -0.144. The summed E-state index contributed by atoms with van der Waals surface area (Å²) < 4.78 is 0. The summed E-state index contributed by atoms with van der Waals surface area (Å²) in [4.78, 5) is 0.671. The van der Waals surface area contributed by atoms with E-state index in [0.29, 0.717) is 10.5 Å². The molecule has 0 aromatic carbocycles. The van der Waals surface area contributed by atoms with E-state index in [1.165, 1.54) is 0 Å². The van der Waals surface area contributed by atoms with Gasteiger partial charge in [0.1, 0.15) is 5.84 Å². The summed E-state index contributed by atoms with van der Waals surface area (Å²) in [6, 6.07) is -0.144. The van der Waals surface area contributed by atoms with Crippen molar-refractivity contribution in [2.75, 3.05) is 0 Å². The van der Waals surface area contributed by atoms with Gasteiger partial charge in [-0.1, -0.05) is 6.58 Å². The summed E-state index contributed by atoms with van der Waals surface area (Å²) in [7, 11) is 0. The van der Waals surface area contributed by atoms with Crippen molar-refractivity contribution in [3.8, 4) is 0 Å². The van der Waals surface area contributed by atoms with Crippen LogP contribution >= 0.6 is 12.6 Å². The van der Waals surface area contributed by atoms with E-state index < -0.39 is 0 Å². The molecule has 0 saturated carbocycles. The fourth-order valence-electron chi connectivity index (χ4n) is 0.388. The molecule has 5 N–H and O–H groups in total. The van der Waals surface area contributed by atoms with Crippen molar-refractivity contribution in [3.63, 3.8) is 0 Å². The lowest BCUT2D eigenvalue weighted by Crippen LogP contribution is -2.16. The van der Waals surface area contributed by atoms with Crippen molar-refractivity contribution < 1.29 is 0 Å². The molecule has 0 heterocycles. The monoisotopic (exact) mass is 171 g/mol. The molecule has 4 heteroatoms. The van der Waals surface area contributed by atoms with Gasteiger partial charge < -0.3 is 11.5 Å². The summed E-state index contributed by atoms with van der Waals surface area (Å²) in [5.41, 5.74) is 11.1. The fourth-order valence-corrected chi connectivity index (χ4v) is 0.544. The first kappa shape index (κ1) is 10.3. The largest absolute Gasteiger partial charge is 0.384 e. The Morgan fingerprint density at radius 2 is 2.18 bits per heavy atom. The first-order valence-corrected chi connectivity index (χ1v) is 3.59. The van der Waals surface area contributed by atoms with E-state index in [0.717, 1.165) is 0 Å². The second kappa shape index (κ2) is 4.20. The zero-order valence-electron chi connectivity index (χ0n) is 6.46. The maximum absolute atomic E-state index is 6.99. The average molecular weight is 171 g/mol. The van der Waals surface area contributed by atoms with Crippen LogP contribution in [0.2, 0.25) is 0 Å². The first-order valence-electron chi connectivity index (χ1n) is 3.14. The highest BCUT2D eigenvalue weighted by molar-refractivity contribution is 7.84. The third-order valence-corrected chi connectivity index (χ3v) is 1.67.